The fraction of sp³-hybridized carbons (Fsp3) is 0.484. The number of carbonyl (C=O) groups excluding carboxylic acids is 3. The maximum absolute atomic E-state index is 13.6. The van der Waals surface area contributed by atoms with Crippen LogP contribution in [0, 0.1) is 11.3 Å². The van der Waals surface area contributed by atoms with Gasteiger partial charge in [-0.15, -0.1) is 11.3 Å². The second kappa shape index (κ2) is 11.6. The summed E-state index contributed by atoms with van der Waals surface area (Å²) >= 11 is 1.36. The number of carbonyl (C=O) groups is 3. The maximum atomic E-state index is 13.6. The summed E-state index contributed by atoms with van der Waals surface area (Å²) in [6.45, 7) is 14.2. The summed E-state index contributed by atoms with van der Waals surface area (Å²) in [7, 11) is 0. The average molecular weight is 565 g/mol. The number of ether oxygens (including phenoxy) is 1. The van der Waals surface area contributed by atoms with E-state index in [1.54, 1.807) is 20.8 Å². The molecule has 8 nitrogen and oxygen atoms in total. The number of aryl methyl sites for hydroxylation is 1. The molecule has 1 aliphatic rings. The molecule has 4 rings (SSSR count). The van der Waals surface area contributed by atoms with Gasteiger partial charge in [-0.3, -0.25) is 9.59 Å². The zero-order chi connectivity index (χ0) is 29.2. The van der Waals surface area contributed by atoms with Crippen LogP contribution in [0.25, 0.3) is 21.3 Å². The topological polar surface area (TPSA) is 109 Å². The summed E-state index contributed by atoms with van der Waals surface area (Å²) in [5, 5.41) is 9.43. The molecule has 1 aliphatic carbocycles. The van der Waals surface area contributed by atoms with Crippen LogP contribution in [0.3, 0.4) is 0 Å². The van der Waals surface area contributed by atoms with E-state index in [1.165, 1.54) is 23.8 Å². The first-order valence-corrected chi connectivity index (χ1v) is 14.6. The minimum absolute atomic E-state index is 0.185. The Balaban J connectivity index is 1.70. The van der Waals surface area contributed by atoms with Gasteiger partial charge in [0.15, 0.2) is 0 Å². The molecule has 2 heterocycles. The van der Waals surface area contributed by atoms with Crippen LogP contribution in [0.1, 0.15) is 75.8 Å². The minimum atomic E-state index is -0.598. The predicted molar refractivity (Wildman–Crippen MR) is 161 cm³/mol. The lowest BCUT2D eigenvalue weighted by Gasteiger charge is -2.34. The number of rotatable bonds is 6. The van der Waals surface area contributed by atoms with Crippen molar-refractivity contribution in [3.05, 3.63) is 46.5 Å². The fourth-order valence-corrected chi connectivity index (χ4v) is 6.18. The Morgan fingerprint density at radius 3 is 2.42 bits per heavy atom. The van der Waals surface area contributed by atoms with Gasteiger partial charge in [0.25, 0.3) is 5.91 Å². The van der Waals surface area contributed by atoms with Gasteiger partial charge >= 0.3 is 6.09 Å². The molecule has 0 bridgehead atoms. The van der Waals surface area contributed by atoms with Gasteiger partial charge in [-0.05, 0) is 69.1 Å². The summed E-state index contributed by atoms with van der Waals surface area (Å²) in [5.74, 6) is 0.107. The van der Waals surface area contributed by atoms with Crippen LogP contribution in [0.5, 0.6) is 0 Å². The van der Waals surface area contributed by atoms with Crippen LogP contribution in [0.4, 0.5) is 10.5 Å². The summed E-state index contributed by atoms with van der Waals surface area (Å²) in [6, 6.07) is 9.73. The standard InChI is InChI=1S/C31H40N4O4S/c1-18(36)34-24-11-9-8-10-21(24)25-22-17-19-16-20(30(2,3)4)12-13-23(19)35-28(22)40-26(25)27(37)32-14-15-33-29(38)39-31(5,6)7/h8-11,17,20H,12-16H2,1-7H3,(H,32,37)(H,33,38)(H,34,36). The molecule has 0 spiro atoms. The van der Waals surface area contributed by atoms with Crippen molar-refractivity contribution in [1.82, 2.24) is 15.6 Å². The van der Waals surface area contributed by atoms with E-state index >= 15 is 0 Å². The zero-order valence-electron chi connectivity index (χ0n) is 24.5. The average Bonchev–Trinajstić information content (AvgIpc) is 3.21. The Morgan fingerprint density at radius 2 is 1.75 bits per heavy atom. The van der Waals surface area contributed by atoms with Crippen molar-refractivity contribution in [3.8, 4) is 11.1 Å². The van der Waals surface area contributed by atoms with E-state index in [9.17, 15) is 14.4 Å². The maximum Gasteiger partial charge on any atom is 0.407 e. The van der Waals surface area contributed by atoms with Crippen LogP contribution in [0.2, 0.25) is 0 Å². The number of pyridine rings is 1. The van der Waals surface area contributed by atoms with E-state index < -0.39 is 11.7 Å². The number of thiophene rings is 1. The van der Waals surface area contributed by atoms with Gasteiger partial charge in [-0.25, -0.2) is 9.78 Å². The third-order valence-corrected chi connectivity index (χ3v) is 8.16. The minimum Gasteiger partial charge on any atom is -0.444 e. The van der Waals surface area contributed by atoms with Crippen LogP contribution >= 0.6 is 11.3 Å². The predicted octanol–water partition coefficient (Wildman–Crippen LogP) is 6.33. The lowest BCUT2D eigenvalue weighted by molar-refractivity contribution is -0.114. The lowest BCUT2D eigenvalue weighted by atomic mass is 9.71. The molecule has 0 radical (unpaired) electrons. The summed E-state index contributed by atoms with van der Waals surface area (Å²) < 4.78 is 5.26. The molecule has 3 aromatic rings. The molecule has 3 amide bonds. The third-order valence-electron chi connectivity index (χ3n) is 7.06. The number of amides is 3. The Kier molecular flexibility index (Phi) is 8.54. The van der Waals surface area contributed by atoms with E-state index in [2.05, 4.69) is 42.8 Å². The highest BCUT2D eigenvalue weighted by Crippen LogP contribution is 2.44. The number of para-hydroxylation sites is 1. The second-order valence-electron chi connectivity index (χ2n) is 12.5. The van der Waals surface area contributed by atoms with Gasteiger partial charge in [0.2, 0.25) is 5.91 Å². The molecular formula is C31H40N4O4S. The second-order valence-corrected chi connectivity index (χ2v) is 13.5. The van der Waals surface area contributed by atoms with Crippen molar-refractivity contribution in [1.29, 1.82) is 0 Å². The SMILES string of the molecule is CC(=O)Nc1ccccc1-c1c(C(=O)NCCNC(=O)OC(C)(C)C)sc2nc3c(cc12)CC(C(C)(C)C)CC3. The van der Waals surface area contributed by atoms with Crippen LogP contribution in [-0.2, 0) is 22.4 Å². The molecule has 9 heteroatoms. The van der Waals surface area contributed by atoms with Crippen molar-refractivity contribution >= 4 is 45.1 Å². The molecule has 2 aromatic heterocycles. The number of anilines is 1. The van der Waals surface area contributed by atoms with E-state index in [0.717, 1.165) is 46.3 Å². The summed E-state index contributed by atoms with van der Waals surface area (Å²) in [5.41, 5.74) is 4.09. The van der Waals surface area contributed by atoms with Crippen molar-refractivity contribution < 1.29 is 19.1 Å². The van der Waals surface area contributed by atoms with Gasteiger partial charge in [0.05, 0.1) is 0 Å². The highest BCUT2D eigenvalue weighted by Gasteiger charge is 2.31. The highest BCUT2D eigenvalue weighted by atomic mass is 32.1. The van der Waals surface area contributed by atoms with Gasteiger partial charge in [0, 0.05) is 47.9 Å². The third kappa shape index (κ3) is 6.99. The molecule has 1 atom stereocenters. The van der Waals surface area contributed by atoms with Gasteiger partial charge in [-0.1, -0.05) is 39.0 Å². The molecule has 0 saturated carbocycles. The van der Waals surface area contributed by atoms with E-state index in [1.807, 2.05) is 24.3 Å². The Morgan fingerprint density at radius 1 is 1.05 bits per heavy atom. The molecule has 0 saturated heterocycles. The van der Waals surface area contributed by atoms with Crippen molar-refractivity contribution in [2.75, 3.05) is 18.4 Å². The lowest BCUT2D eigenvalue weighted by Crippen LogP contribution is -2.37. The number of hydrogen-bond donors (Lipinski definition) is 3. The fourth-order valence-electron chi connectivity index (χ4n) is 5.07. The number of alkyl carbamates (subject to hydrolysis) is 1. The Hall–Kier alpha value is -3.46. The number of nitrogens with zero attached hydrogens (tertiary/aromatic N) is 1. The summed E-state index contributed by atoms with van der Waals surface area (Å²) in [6.07, 6.45) is 2.43. The Labute approximate surface area is 240 Å². The number of nitrogens with one attached hydrogen (secondary N) is 3. The molecule has 0 fully saturated rings. The smallest absolute Gasteiger partial charge is 0.407 e. The first kappa shape index (κ1) is 29.5. The van der Waals surface area contributed by atoms with Gasteiger partial charge in [0.1, 0.15) is 15.3 Å². The van der Waals surface area contributed by atoms with Gasteiger partial charge < -0.3 is 20.7 Å². The number of aromatic nitrogens is 1. The first-order chi connectivity index (χ1) is 18.7. The number of fused-ring (bicyclic) bond motifs is 2. The normalized spacial score (nSPS) is 15.3. The molecule has 3 N–H and O–H groups in total. The molecule has 1 aromatic carbocycles. The molecule has 40 heavy (non-hydrogen) atoms. The first-order valence-electron chi connectivity index (χ1n) is 13.8. The number of benzene rings is 1. The van der Waals surface area contributed by atoms with Gasteiger partial charge in [-0.2, -0.15) is 0 Å². The van der Waals surface area contributed by atoms with Crippen molar-refractivity contribution in [2.45, 2.75) is 73.3 Å². The molecule has 1 unspecified atom stereocenters. The number of hydrogen-bond acceptors (Lipinski definition) is 6. The molecule has 214 valence electrons. The quantitative estimate of drug-likeness (QED) is 0.303. The molecular weight excluding hydrogens is 524 g/mol. The summed E-state index contributed by atoms with van der Waals surface area (Å²) in [4.78, 5) is 43.9. The van der Waals surface area contributed by atoms with E-state index in [4.69, 9.17) is 9.72 Å². The van der Waals surface area contributed by atoms with E-state index in [-0.39, 0.29) is 30.3 Å². The Bertz CT molecular complexity index is 1430. The van der Waals surface area contributed by atoms with Crippen molar-refractivity contribution in [3.63, 3.8) is 0 Å². The monoisotopic (exact) mass is 564 g/mol. The highest BCUT2D eigenvalue weighted by molar-refractivity contribution is 7.21. The van der Waals surface area contributed by atoms with Crippen LogP contribution < -0.4 is 16.0 Å². The largest absolute Gasteiger partial charge is 0.444 e. The van der Waals surface area contributed by atoms with Crippen LogP contribution in [0.15, 0.2) is 30.3 Å². The van der Waals surface area contributed by atoms with Crippen molar-refractivity contribution in [2.24, 2.45) is 11.3 Å². The van der Waals surface area contributed by atoms with E-state index in [0.29, 0.717) is 16.5 Å². The zero-order valence-corrected chi connectivity index (χ0v) is 25.3. The molecule has 0 aliphatic heterocycles. The van der Waals surface area contributed by atoms with Crippen LogP contribution in [-0.4, -0.2) is 41.6 Å².